The molecule has 2 N–H and O–H groups in total. The van der Waals surface area contributed by atoms with Gasteiger partial charge in [0.05, 0.1) is 5.56 Å². The van der Waals surface area contributed by atoms with Crippen LogP contribution in [0.3, 0.4) is 0 Å². The highest BCUT2D eigenvalue weighted by atomic mass is 35.5. The van der Waals surface area contributed by atoms with Crippen LogP contribution in [0.2, 0.25) is 5.02 Å². The maximum Gasteiger partial charge on any atom is 0.341 e. The number of benzene rings is 2. The first-order valence-corrected chi connectivity index (χ1v) is 8.03. The Labute approximate surface area is 154 Å². The minimum Gasteiger partial charge on any atom is -0.449 e. The van der Waals surface area contributed by atoms with Crippen LogP contribution in [-0.4, -0.2) is 24.0 Å². The van der Waals surface area contributed by atoms with E-state index in [9.17, 15) is 18.8 Å². The van der Waals surface area contributed by atoms with Crippen molar-refractivity contribution < 1.29 is 23.5 Å². The van der Waals surface area contributed by atoms with E-state index in [1.807, 2.05) is 35.6 Å². The zero-order chi connectivity index (χ0) is 19.1. The van der Waals surface area contributed by atoms with Gasteiger partial charge in [-0.15, -0.1) is 0 Å². The van der Waals surface area contributed by atoms with E-state index in [1.165, 1.54) is 13.0 Å². The van der Waals surface area contributed by atoms with Crippen LogP contribution < -0.4 is 10.6 Å². The zero-order valence-corrected chi connectivity index (χ0v) is 14.5. The maximum absolute atomic E-state index is 13.7. The Morgan fingerprint density at radius 3 is 2.50 bits per heavy atom. The lowest BCUT2D eigenvalue weighted by atomic mass is 10.2. The average Bonchev–Trinajstić information content (AvgIpc) is 2.60. The van der Waals surface area contributed by atoms with Gasteiger partial charge in [-0.3, -0.25) is 10.1 Å². The van der Waals surface area contributed by atoms with Crippen molar-refractivity contribution in [2.75, 3.05) is 0 Å². The van der Waals surface area contributed by atoms with E-state index in [-0.39, 0.29) is 17.1 Å². The van der Waals surface area contributed by atoms with E-state index in [0.29, 0.717) is 0 Å². The highest BCUT2D eigenvalue weighted by Crippen LogP contribution is 2.16. The summed E-state index contributed by atoms with van der Waals surface area (Å²) >= 11 is 5.61. The monoisotopic (exact) mass is 378 g/mol. The molecule has 0 saturated carbocycles. The molecule has 2 rings (SSSR count). The molecule has 0 saturated heterocycles. The Kier molecular flexibility index (Phi) is 6.68. The van der Waals surface area contributed by atoms with E-state index < -0.39 is 29.8 Å². The molecule has 0 heterocycles. The zero-order valence-electron chi connectivity index (χ0n) is 13.8. The number of esters is 1. The summed E-state index contributed by atoms with van der Waals surface area (Å²) < 4.78 is 18.5. The molecule has 2 aromatic carbocycles. The molecule has 0 fully saturated rings. The number of hydrogen-bond acceptors (Lipinski definition) is 4. The Morgan fingerprint density at radius 1 is 1.15 bits per heavy atom. The highest BCUT2D eigenvalue weighted by Gasteiger charge is 2.22. The molecular weight excluding hydrogens is 363 g/mol. The molecule has 6 nitrogen and oxygen atoms in total. The second-order valence-corrected chi connectivity index (χ2v) is 5.77. The number of hydrogen-bond donors (Lipinski definition) is 2. The summed E-state index contributed by atoms with van der Waals surface area (Å²) in [5.41, 5.74) is 0.496. The summed E-state index contributed by atoms with van der Waals surface area (Å²) in [6, 6.07) is 11.8. The van der Waals surface area contributed by atoms with E-state index in [4.69, 9.17) is 16.3 Å². The molecule has 8 heteroatoms. The Balaban J connectivity index is 1.84. The van der Waals surface area contributed by atoms with Gasteiger partial charge in [-0.1, -0.05) is 41.9 Å². The maximum atomic E-state index is 13.7. The molecule has 3 amide bonds. The van der Waals surface area contributed by atoms with Gasteiger partial charge in [0, 0.05) is 11.6 Å². The molecule has 0 aliphatic carbocycles. The van der Waals surface area contributed by atoms with Crippen molar-refractivity contribution >= 4 is 29.5 Å². The summed E-state index contributed by atoms with van der Waals surface area (Å²) in [6.45, 7) is 1.50. The number of rotatable bonds is 5. The predicted molar refractivity (Wildman–Crippen MR) is 93.1 cm³/mol. The Morgan fingerprint density at radius 2 is 1.85 bits per heavy atom. The fourth-order valence-corrected chi connectivity index (χ4v) is 2.13. The summed E-state index contributed by atoms with van der Waals surface area (Å²) in [5.74, 6) is -2.74. The number of imide groups is 1. The van der Waals surface area contributed by atoms with Gasteiger partial charge in [0.2, 0.25) is 0 Å². The molecule has 0 aromatic heterocycles. The lowest BCUT2D eigenvalue weighted by Crippen LogP contribution is -2.44. The smallest absolute Gasteiger partial charge is 0.341 e. The lowest BCUT2D eigenvalue weighted by molar-refractivity contribution is -0.127. The number of ether oxygens (including phenoxy) is 1. The van der Waals surface area contributed by atoms with Crippen molar-refractivity contribution in [1.82, 2.24) is 10.6 Å². The fraction of sp³-hybridized carbons (Fsp3) is 0.167. The average molecular weight is 379 g/mol. The molecule has 26 heavy (non-hydrogen) atoms. The van der Waals surface area contributed by atoms with Gasteiger partial charge in [-0.05, 0) is 30.7 Å². The first kappa shape index (κ1) is 19.4. The largest absolute Gasteiger partial charge is 0.449 e. The molecule has 0 bridgehead atoms. The molecule has 0 spiro atoms. The van der Waals surface area contributed by atoms with Crippen LogP contribution in [0.1, 0.15) is 22.8 Å². The van der Waals surface area contributed by atoms with Crippen molar-refractivity contribution in [3.05, 3.63) is 70.5 Å². The number of carbonyl (C=O) groups excluding carboxylic acids is 3. The van der Waals surface area contributed by atoms with Crippen LogP contribution in [0.15, 0.2) is 48.5 Å². The Hall–Kier alpha value is -2.93. The van der Waals surface area contributed by atoms with Gasteiger partial charge >= 0.3 is 12.0 Å². The van der Waals surface area contributed by atoms with E-state index in [1.54, 1.807) is 0 Å². The van der Waals surface area contributed by atoms with E-state index >= 15 is 0 Å². The second-order valence-electron chi connectivity index (χ2n) is 5.33. The summed E-state index contributed by atoms with van der Waals surface area (Å²) in [5, 5.41) is 4.67. The van der Waals surface area contributed by atoms with E-state index in [2.05, 4.69) is 5.32 Å². The number of carbonyl (C=O) groups is 3. The molecule has 2 aromatic rings. The highest BCUT2D eigenvalue weighted by molar-refractivity contribution is 6.30. The van der Waals surface area contributed by atoms with E-state index in [0.717, 1.165) is 17.7 Å². The SMILES string of the molecule is CC(OC(=O)c1ccc(Cl)cc1F)C(=O)NC(=O)NCc1ccccc1. The molecular formula is C18H16ClFN2O4. The molecule has 1 unspecified atom stereocenters. The van der Waals surface area contributed by atoms with Crippen LogP contribution in [-0.2, 0) is 16.1 Å². The molecule has 1 atom stereocenters. The van der Waals surface area contributed by atoms with Crippen LogP contribution in [0.25, 0.3) is 0 Å². The van der Waals surface area contributed by atoms with Gasteiger partial charge in [0.15, 0.2) is 6.10 Å². The van der Waals surface area contributed by atoms with Crippen LogP contribution in [0.5, 0.6) is 0 Å². The molecule has 0 radical (unpaired) electrons. The third-order valence-corrected chi connectivity index (χ3v) is 3.57. The Bertz CT molecular complexity index is 814. The third-order valence-electron chi connectivity index (χ3n) is 3.34. The number of urea groups is 1. The van der Waals surface area contributed by atoms with Crippen molar-refractivity contribution in [3.63, 3.8) is 0 Å². The normalized spacial score (nSPS) is 11.3. The fourth-order valence-electron chi connectivity index (χ4n) is 1.97. The van der Waals surface area contributed by atoms with Gasteiger partial charge in [0.25, 0.3) is 5.91 Å². The lowest BCUT2D eigenvalue weighted by Gasteiger charge is -2.13. The second kappa shape index (κ2) is 8.96. The van der Waals surface area contributed by atoms with Gasteiger partial charge < -0.3 is 10.1 Å². The summed E-state index contributed by atoms with van der Waals surface area (Å²) in [6.07, 6.45) is -1.29. The minimum absolute atomic E-state index is 0.125. The van der Waals surface area contributed by atoms with Crippen molar-refractivity contribution in [1.29, 1.82) is 0 Å². The van der Waals surface area contributed by atoms with Crippen molar-refractivity contribution in [3.8, 4) is 0 Å². The number of amides is 3. The van der Waals surface area contributed by atoms with Crippen LogP contribution in [0, 0.1) is 5.82 Å². The first-order valence-electron chi connectivity index (χ1n) is 7.65. The quantitative estimate of drug-likeness (QED) is 0.783. The predicted octanol–water partition coefficient (Wildman–Crippen LogP) is 3.05. The van der Waals surface area contributed by atoms with Crippen molar-refractivity contribution in [2.24, 2.45) is 0 Å². The third kappa shape index (κ3) is 5.56. The summed E-state index contributed by atoms with van der Waals surface area (Å²) in [7, 11) is 0. The summed E-state index contributed by atoms with van der Waals surface area (Å²) in [4.78, 5) is 35.5. The molecule has 0 aliphatic heterocycles. The number of nitrogens with one attached hydrogen (secondary N) is 2. The first-order chi connectivity index (χ1) is 12.4. The molecule has 0 aliphatic rings. The van der Waals surface area contributed by atoms with Gasteiger partial charge in [-0.25, -0.2) is 14.0 Å². The topological polar surface area (TPSA) is 84.5 Å². The minimum atomic E-state index is -1.29. The van der Waals surface area contributed by atoms with Gasteiger partial charge in [-0.2, -0.15) is 0 Å². The van der Waals surface area contributed by atoms with Crippen LogP contribution in [0.4, 0.5) is 9.18 Å². The van der Waals surface area contributed by atoms with Gasteiger partial charge in [0.1, 0.15) is 5.82 Å². The van der Waals surface area contributed by atoms with Crippen LogP contribution >= 0.6 is 11.6 Å². The standard InChI is InChI=1S/C18H16ClFN2O4/c1-11(26-17(24)14-8-7-13(19)9-15(14)20)16(23)22-18(25)21-10-12-5-3-2-4-6-12/h2-9,11H,10H2,1H3,(H2,21,22,23,25). The molecule has 136 valence electrons. The van der Waals surface area contributed by atoms with Crippen molar-refractivity contribution in [2.45, 2.75) is 19.6 Å². The number of halogens is 2.